The summed E-state index contributed by atoms with van der Waals surface area (Å²) in [5.41, 5.74) is 0.687. The molecule has 2 unspecified atom stereocenters. The maximum absolute atomic E-state index is 11.2. The van der Waals surface area contributed by atoms with Gasteiger partial charge in [0.1, 0.15) is 5.82 Å². The number of ketones is 1. The van der Waals surface area contributed by atoms with Crippen LogP contribution >= 0.6 is 0 Å². The molecule has 0 N–H and O–H groups in total. The van der Waals surface area contributed by atoms with Crippen LogP contribution in [0.1, 0.15) is 44.0 Å². The molecule has 3 nitrogen and oxygen atoms in total. The molecule has 0 spiro atoms. The molecule has 0 saturated carbocycles. The third-order valence-corrected chi connectivity index (χ3v) is 3.82. The van der Waals surface area contributed by atoms with E-state index in [9.17, 15) is 4.79 Å². The van der Waals surface area contributed by atoms with Crippen molar-refractivity contribution < 1.29 is 4.79 Å². The van der Waals surface area contributed by atoms with E-state index in [0.717, 1.165) is 12.4 Å². The summed E-state index contributed by atoms with van der Waals surface area (Å²) in [7, 11) is 0. The summed E-state index contributed by atoms with van der Waals surface area (Å²) in [6.45, 7) is 7.19. The molecule has 0 radical (unpaired) electrons. The van der Waals surface area contributed by atoms with Gasteiger partial charge in [0.15, 0.2) is 5.78 Å². The Bertz CT molecular complexity index is 399. The first-order valence-electron chi connectivity index (χ1n) is 6.33. The van der Waals surface area contributed by atoms with Crippen molar-refractivity contribution in [2.75, 3.05) is 11.4 Å². The Morgan fingerprint density at radius 1 is 1.41 bits per heavy atom. The normalized spacial score (nSPS) is 24.8. The van der Waals surface area contributed by atoms with Crippen molar-refractivity contribution in [3.8, 4) is 0 Å². The number of hydrogen-bond acceptors (Lipinski definition) is 3. The predicted octanol–water partition coefficient (Wildman–Crippen LogP) is 2.91. The number of pyridine rings is 1. The highest BCUT2D eigenvalue weighted by Crippen LogP contribution is 2.26. The van der Waals surface area contributed by atoms with Gasteiger partial charge in [-0.3, -0.25) is 4.79 Å². The fourth-order valence-corrected chi connectivity index (χ4v) is 2.42. The lowest BCUT2D eigenvalue weighted by molar-refractivity contribution is 0.101. The lowest BCUT2D eigenvalue weighted by Crippen LogP contribution is -2.42. The number of nitrogens with zero attached hydrogens (tertiary/aromatic N) is 2. The maximum atomic E-state index is 11.2. The van der Waals surface area contributed by atoms with Crippen molar-refractivity contribution in [3.63, 3.8) is 0 Å². The van der Waals surface area contributed by atoms with Gasteiger partial charge in [-0.15, -0.1) is 0 Å². The fourth-order valence-electron chi connectivity index (χ4n) is 2.42. The zero-order chi connectivity index (χ0) is 12.4. The first-order chi connectivity index (χ1) is 8.09. The molecule has 1 aromatic rings. The van der Waals surface area contributed by atoms with E-state index in [0.29, 0.717) is 17.5 Å². The maximum Gasteiger partial charge on any atom is 0.161 e. The van der Waals surface area contributed by atoms with E-state index in [2.05, 4.69) is 23.7 Å². The Balaban J connectivity index is 2.19. The van der Waals surface area contributed by atoms with Gasteiger partial charge in [-0.05, 0) is 44.7 Å². The summed E-state index contributed by atoms with van der Waals surface area (Å²) in [6.07, 6.45) is 4.20. The molecular weight excluding hydrogens is 212 g/mol. The molecular formula is C14H20N2O. The first-order valence-corrected chi connectivity index (χ1v) is 6.33. The second-order valence-corrected chi connectivity index (χ2v) is 5.01. The van der Waals surface area contributed by atoms with Gasteiger partial charge in [0, 0.05) is 24.3 Å². The number of rotatable bonds is 2. The van der Waals surface area contributed by atoms with Crippen LogP contribution in [0.3, 0.4) is 0 Å². The van der Waals surface area contributed by atoms with Gasteiger partial charge in [-0.1, -0.05) is 6.92 Å². The lowest BCUT2D eigenvalue weighted by atomic mass is 9.92. The Kier molecular flexibility index (Phi) is 3.46. The molecule has 0 bridgehead atoms. The number of piperidine rings is 1. The molecule has 1 fully saturated rings. The van der Waals surface area contributed by atoms with Gasteiger partial charge in [0.25, 0.3) is 0 Å². The summed E-state index contributed by atoms with van der Waals surface area (Å²) in [4.78, 5) is 18.0. The van der Waals surface area contributed by atoms with Gasteiger partial charge in [-0.25, -0.2) is 4.98 Å². The molecule has 92 valence electrons. The van der Waals surface area contributed by atoms with Crippen molar-refractivity contribution in [1.29, 1.82) is 0 Å². The minimum atomic E-state index is 0.0733. The second-order valence-electron chi connectivity index (χ2n) is 5.01. The summed E-state index contributed by atoms with van der Waals surface area (Å²) in [6, 6.07) is 4.36. The zero-order valence-corrected chi connectivity index (χ0v) is 10.8. The van der Waals surface area contributed by atoms with Crippen LogP contribution in [0.25, 0.3) is 0 Å². The molecule has 1 aliphatic heterocycles. The van der Waals surface area contributed by atoms with Crippen molar-refractivity contribution >= 4 is 11.6 Å². The number of Topliss-reactive ketones (excluding diaryl/α,β-unsaturated/α-hetero) is 1. The predicted molar refractivity (Wildman–Crippen MR) is 69.4 cm³/mol. The minimum Gasteiger partial charge on any atom is -0.354 e. The van der Waals surface area contributed by atoms with Crippen molar-refractivity contribution in [1.82, 2.24) is 4.98 Å². The Hall–Kier alpha value is -1.38. The molecule has 17 heavy (non-hydrogen) atoms. The van der Waals surface area contributed by atoms with Crippen molar-refractivity contribution in [3.05, 3.63) is 23.9 Å². The Morgan fingerprint density at radius 2 is 2.18 bits per heavy atom. The van der Waals surface area contributed by atoms with E-state index in [1.54, 1.807) is 13.1 Å². The molecule has 0 aliphatic carbocycles. The number of carbonyl (C=O) groups excluding carboxylic acids is 1. The Morgan fingerprint density at radius 3 is 2.76 bits per heavy atom. The molecule has 3 heteroatoms. The smallest absolute Gasteiger partial charge is 0.161 e. The van der Waals surface area contributed by atoms with Crippen LogP contribution in [0, 0.1) is 5.92 Å². The molecule has 1 aliphatic rings. The topological polar surface area (TPSA) is 33.2 Å². The van der Waals surface area contributed by atoms with Gasteiger partial charge in [0.05, 0.1) is 0 Å². The van der Waals surface area contributed by atoms with Crippen LogP contribution < -0.4 is 4.90 Å². The summed E-state index contributed by atoms with van der Waals surface area (Å²) < 4.78 is 0. The van der Waals surface area contributed by atoms with Gasteiger partial charge < -0.3 is 4.90 Å². The Labute approximate surface area is 103 Å². The van der Waals surface area contributed by atoms with E-state index in [4.69, 9.17) is 0 Å². The summed E-state index contributed by atoms with van der Waals surface area (Å²) >= 11 is 0. The van der Waals surface area contributed by atoms with E-state index < -0.39 is 0 Å². The average molecular weight is 232 g/mol. The standard InChI is InChI=1S/C14H20N2O/c1-10-5-4-8-16(11(10)2)14-7-6-13(9-15-14)12(3)17/h6-7,9-11H,4-5,8H2,1-3H3. The SMILES string of the molecule is CC(=O)c1ccc(N2CCCC(C)C2C)nc1. The number of aromatic nitrogens is 1. The fraction of sp³-hybridized carbons (Fsp3) is 0.571. The van der Waals surface area contributed by atoms with Crippen LogP contribution in [0.15, 0.2) is 18.3 Å². The van der Waals surface area contributed by atoms with E-state index in [1.807, 2.05) is 12.1 Å². The van der Waals surface area contributed by atoms with Gasteiger partial charge in [0.2, 0.25) is 0 Å². The third-order valence-electron chi connectivity index (χ3n) is 3.82. The lowest BCUT2D eigenvalue weighted by Gasteiger charge is -2.38. The van der Waals surface area contributed by atoms with Crippen LogP contribution in [-0.2, 0) is 0 Å². The van der Waals surface area contributed by atoms with Crippen LogP contribution in [0.5, 0.6) is 0 Å². The van der Waals surface area contributed by atoms with E-state index in [-0.39, 0.29) is 5.78 Å². The molecule has 0 aromatic carbocycles. The first kappa shape index (κ1) is 12.1. The van der Waals surface area contributed by atoms with Gasteiger partial charge >= 0.3 is 0 Å². The van der Waals surface area contributed by atoms with E-state index >= 15 is 0 Å². The number of hydrogen-bond donors (Lipinski definition) is 0. The molecule has 0 amide bonds. The van der Waals surface area contributed by atoms with Gasteiger partial charge in [-0.2, -0.15) is 0 Å². The monoisotopic (exact) mass is 232 g/mol. The molecule has 1 saturated heterocycles. The van der Waals surface area contributed by atoms with Crippen molar-refractivity contribution in [2.45, 2.75) is 39.7 Å². The highest BCUT2D eigenvalue weighted by molar-refractivity contribution is 5.93. The minimum absolute atomic E-state index is 0.0733. The average Bonchev–Trinajstić information content (AvgIpc) is 2.33. The van der Waals surface area contributed by atoms with Crippen molar-refractivity contribution in [2.24, 2.45) is 5.92 Å². The van der Waals surface area contributed by atoms with E-state index in [1.165, 1.54) is 12.8 Å². The highest BCUT2D eigenvalue weighted by Gasteiger charge is 2.25. The molecule has 2 atom stereocenters. The number of anilines is 1. The quantitative estimate of drug-likeness (QED) is 0.735. The third kappa shape index (κ3) is 2.48. The summed E-state index contributed by atoms with van der Waals surface area (Å²) in [5, 5.41) is 0. The molecule has 1 aromatic heterocycles. The zero-order valence-electron chi connectivity index (χ0n) is 10.8. The largest absolute Gasteiger partial charge is 0.354 e. The number of carbonyl (C=O) groups is 1. The summed E-state index contributed by atoms with van der Waals surface area (Å²) in [5.74, 6) is 1.77. The molecule has 2 heterocycles. The molecule has 2 rings (SSSR count). The van der Waals surface area contributed by atoms with Crippen LogP contribution in [-0.4, -0.2) is 23.4 Å². The highest BCUT2D eigenvalue weighted by atomic mass is 16.1. The van der Waals surface area contributed by atoms with Crippen LogP contribution in [0.2, 0.25) is 0 Å². The van der Waals surface area contributed by atoms with Crippen LogP contribution in [0.4, 0.5) is 5.82 Å². The second kappa shape index (κ2) is 4.86.